The molecular weight excluding hydrogens is 311 g/mol. The molecule has 3 aromatic rings. The van der Waals surface area contributed by atoms with Crippen LogP contribution in [0, 0.1) is 5.82 Å². The molecule has 1 aliphatic rings. The van der Waals surface area contributed by atoms with Gasteiger partial charge in [-0.25, -0.2) is 8.91 Å². The van der Waals surface area contributed by atoms with Crippen molar-refractivity contribution in [3.05, 3.63) is 66.0 Å². The standard InChI is InChI=1S/C17H15FN4O2/c18-12-3-1-2-11(6-12)15-7-13(23)10-21(15)17(24)14-8-20-22-5-4-19-9-16(14)22/h1-6,8-9,13,15,23H,7,10H2/t13-,15+/m0/s1. The number of rotatable bonds is 2. The average Bonchev–Trinajstić information content (AvgIpc) is 3.18. The molecule has 7 heteroatoms. The van der Waals surface area contributed by atoms with E-state index in [1.165, 1.54) is 18.3 Å². The van der Waals surface area contributed by atoms with Gasteiger partial charge in [-0.1, -0.05) is 12.1 Å². The first-order valence-electron chi connectivity index (χ1n) is 7.65. The lowest BCUT2D eigenvalue weighted by Gasteiger charge is -2.24. The number of nitrogens with zero attached hydrogens (tertiary/aromatic N) is 4. The van der Waals surface area contributed by atoms with Gasteiger partial charge in [-0.05, 0) is 24.1 Å². The van der Waals surface area contributed by atoms with Crippen molar-refractivity contribution in [1.29, 1.82) is 0 Å². The van der Waals surface area contributed by atoms with Crippen LogP contribution in [-0.2, 0) is 0 Å². The molecule has 0 spiro atoms. The van der Waals surface area contributed by atoms with Crippen LogP contribution in [0.4, 0.5) is 4.39 Å². The van der Waals surface area contributed by atoms with Crippen LogP contribution in [-0.4, -0.2) is 43.2 Å². The zero-order valence-electron chi connectivity index (χ0n) is 12.7. The number of carbonyl (C=O) groups is 1. The second-order valence-corrected chi connectivity index (χ2v) is 5.88. The van der Waals surface area contributed by atoms with Gasteiger partial charge in [-0.2, -0.15) is 5.10 Å². The molecule has 24 heavy (non-hydrogen) atoms. The smallest absolute Gasteiger partial charge is 0.258 e. The number of halogens is 1. The fourth-order valence-electron chi connectivity index (χ4n) is 3.22. The van der Waals surface area contributed by atoms with Crippen molar-refractivity contribution in [3.63, 3.8) is 0 Å². The number of hydrogen-bond donors (Lipinski definition) is 1. The van der Waals surface area contributed by atoms with Crippen molar-refractivity contribution in [1.82, 2.24) is 19.5 Å². The van der Waals surface area contributed by atoms with Crippen LogP contribution in [0.2, 0.25) is 0 Å². The first-order chi connectivity index (χ1) is 11.6. The van der Waals surface area contributed by atoms with Gasteiger partial charge in [0.15, 0.2) is 0 Å². The maximum Gasteiger partial charge on any atom is 0.258 e. The largest absolute Gasteiger partial charge is 0.391 e. The minimum absolute atomic E-state index is 0.206. The monoisotopic (exact) mass is 326 g/mol. The molecule has 0 aliphatic carbocycles. The first kappa shape index (κ1) is 14.8. The van der Waals surface area contributed by atoms with Gasteiger partial charge in [0.1, 0.15) is 5.82 Å². The predicted octanol–water partition coefficient (Wildman–Crippen LogP) is 1.82. The Bertz CT molecular complexity index is 910. The molecule has 4 rings (SSSR count). The van der Waals surface area contributed by atoms with Gasteiger partial charge in [0.2, 0.25) is 0 Å². The molecule has 1 amide bonds. The number of carbonyl (C=O) groups excluding carboxylic acids is 1. The van der Waals surface area contributed by atoms with E-state index in [9.17, 15) is 14.3 Å². The number of aliphatic hydroxyl groups is 1. The third kappa shape index (κ3) is 2.43. The molecule has 1 N–H and O–H groups in total. The summed E-state index contributed by atoms with van der Waals surface area (Å²) in [7, 11) is 0. The molecule has 0 saturated carbocycles. The Balaban J connectivity index is 1.72. The zero-order chi connectivity index (χ0) is 16.7. The van der Waals surface area contributed by atoms with E-state index in [0.717, 1.165) is 0 Å². The van der Waals surface area contributed by atoms with E-state index in [4.69, 9.17) is 0 Å². The zero-order valence-corrected chi connectivity index (χ0v) is 12.7. The molecule has 1 aromatic carbocycles. The van der Waals surface area contributed by atoms with E-state index in [1.807, 2.05) is 0 Å². The third-order valence-corrected chi connectivity index (χ3v) is 4.33. The molecule has 1 aliphatic heterocycles. The van der Waals surface area contributed by atoms with Gasteiger partial charge < -0.3 is 10.0 Å². The van der Waals surface area contributed by atoms with E-state index >= 15 is 0 Å². The fourth-order valence-corrected chi connectivity index (χ4v) is 3.22. The Morgan fingerprint density at radius 1 is 1.33 bits per heavy atom. The second-order valence-electron chi connectivity index (χ2n) is 5.88. The first-order valence-corrected chi connectivity index (χ1v) is 7.65. The van der Waals surface area contributed by atoms with Crippen LogP contribution < -0.4 is 0 Å². The number of β-amino-alcohol motifs (C(OH)–C–C–N with tert-alkyl or cyclic N) is 1. The van der Waals surface area contributed by atoms with Gasteiger partial charge in [-0.15, -0.1) is 0 Å². The van der Waals surface area contributed by atoms with Crippen LogP contribution in [0.1, 0.15) is 28.4 Å². The molecule has 1 saturated heterocycles. The Kier molecular flexibility index (Phi) is 3.50. The highest BCUT2D eigenvalue weighted by molar-refractivity contribution is 6.00. The number of amides is 1. The Hall–Kier alpha value is -2.80. The van der Waals surface area contributed by atoms with Crippen LogP contribution in [0.5, 0.6) is 0 Å². The molecule has 3 heterocycles. The van der Waals surface area contributed by atoms with E-state index in [-0.39, 0.29) is 24.3 Å². The topological polar surface area (TPSA) is 70.7 Å². The molecule has 0 bridgehead atoms. The van der Waals surface area contributed by atoms with Crippen LogP contribution in [0.25, 0.3) is 5.52 Å². The van der Waals surface area contributed by atoms with Crippen molar-refractivity contribution in [2.75, 3.05) is 6.54 Å². The maximum atomic E-state index is 13.5. The Morgan fingerprint density at radius 3 is 3.04 bits per heavy atom. The lowest BCUT2D eigenvalue weighted by atomic mass is 10.0. The lowest BCUT2D eigenvalue weighted by molar-refractivity contribution is 0.0717. The summed E-state index contributed by atoms with van der Waals surface area (Å²) < 4.78 is 15.1. The van der Waals surface area contributed by atoms with Crippen molar-refractivity contribution >= 4 is 11.4 Å². The van der Waals surface area contributed by atoms with Crippen LogP contribution in [0.3, 0.4) is 0 Å². The fraction of sp³-hybridized carbons (Fsp3) is 0.235. The van der Waals surface area contributed by atoms with Crippen molar-refractivity contribution in [2.45, 2.75) is 18.6 Å². The van der Waals surface area contributed by atoms with Crippen molar-refractivity contribution < 1.29 is 14.3 Å². The van der Waals surface area contributed by atoms with Gasteiger partial charge in [0.25, 0.3) is 5.91 Å². The van der Waals surface area contributed by atoms with E-state index in [1.54, 1.807) is 40.1 Å². The number of aliphatic hydroxyl groups excluding tert-OH is 1. The minimum atomic E-state index is -0.637. The summed E-state index contributed by atoms with van der Waals surface area (Å²) in [4.78, 5) is 18.6. The normalized spacial score (nSPS) is 20.7. The SMILES string of the molecule is O=C(c1cnn2ccncc12)N1C[C@@H](O)C[C@@H]1c1cccc(F)c1. The van der Waals surface area contributed by atoms with Crippen molar-refractivity contribution in [2.24, 2.45) is 0 Å². The number of aromatic nitrogens is 3. The molecule has 2 atom stereocenters. The summed E-state index contributed by atoms with van der Waals surface area (Å²) in [6.07, 6.45) is 6.06. The molecule has 0 radical (unpaired) electrons. The molecule has 6 nitrogen and oxygen atoms in total. The predicted molar refractivity (Wildman–Crippen MR) is 83.8 cm³/mol. The van der Waals surface area contributed by atoms with Crippen molar-refractivity contribution in [3.8, 4) is 0 Å². The van der Waals surface area contributed by atoms with E-state index < -0.39 is 6.10 Å². The highest BCUT2D eigenvalue weighted by Crippen LogP contribution is 2.34. The molecule has 2 aromatic heterocycles. The summed E-state index contributed by atoms with van der Waals surface area (Å²) in [5.74, 6) is -0.606. The van der Waals surface area contributed by atoms with E-state index in [2.05, 4.69) is 10.1 Å². The minimum Gasteiger partial charge on any atom is -0.391 e. The number of benzene rings is 1. The highest BCUT2D eigenvalue weighted by Gasteiger charge is 2.36. The summed E-state index contributed by atoms with van der Waals surface area (Å²) in [6.45, 7) is 0.206. The van der Waals surface area contributed by atoms with Gasteiger partial charge in [-0.3, -0.25) is 9.78 Å². The van der Waals surface area contributed by atoms with Gasteiger partial charge in [0, 0.05) is 18.9 Å². The summed E-state index contributed by atoms with van der Waals surface area (Å²) in [5, 5.41) is 14.2. The Morgan fingerprint density at radius 2 is 2.21 bits per heavy atom. The second kappa shape index (κ2) is 5.68. The van der Waals surface area contributed by atoms with Crippen LogP contribution in [0.15, 0.2) is 49.1 Å². The Labute approximate surface area is 137 Å². The third-order valence-electron chi connectivity index (χ3n) is 4.33. The summed E-state index contributed by atoms with van der Waals surface area (Å²) in [5.41, 5.74) is 1.69. The summed E-state index contributed by atoms with van der Waals surface area (Å²) in [6, 6.07) is 5.77. The highest BCUT2D eigenvalue weighted by atomic mass is 19.1. The van der Waals surface area contributed by atoms with E-state index in [0.29, 0.717) is 23.1 Å². The number of likely N-dealkylation sites (tertiary alicyclic amines) is 1. The molecular formula is C17H15FN4O2. The molecule has 1 fully saturated rings. The maximum absolute atomic E-state index is 13.5. The molecule has 122 valence electrons. The van der Waals surface area contributed by atoms with Gasteiger partial charge >= 0.3 is 0 Å². The number of fused-ring (bicyclic) bond motifs is 1. The van der Waals surface area contributed by atoms with Gasteiger partial charge in [0.05, 0.1) is 35.6 Å². The quantitative estimate of drug-likeness (QED) is 0.780. The van der Waals surface area contributed by atoms with Crippen LogP contribution >= 0.6 is 0 Å². The average molecular weight is 326 g/mol. The lowest BCUT2D eigenvalue weighted by Crippen LogP contribution is -2.31. The molecule has 0 unspecified atom stereocenters. The summed E-state index contributed by atoms with van der Waals surface area (Å²) >= 11 is 0. The number of hydrogen-bond acceptors (Lipinski definition) is 4.